The standard InChI is InChI=1S/C23H25FN4O4S/c1-12(2)27-11-17(13(3)32-4)28-10-16(20(29)21(30)19(28)23(27)31)22-26-25-18(33-22)9-14-5-7-15(24)8-6-14/h5-8,10,12-13,17,30H,9,11H2,1-4H3/t13-,17+/m0/s1. The van der Waals surface area contributed by atoms with Crippen molar-refractivity contribution in [3.63, 3.8) is 0 Å². The van der Waals surface area contributed by atoms with E-state index in [1.807, 2.05) is 20.8 Å². The molecule has 2 atom stereocenters. The minimum Gasteiger partial charge on any atom is -0.503 e. The van der Waals surface area contributed by atoms with Gasteiger partial charge in [0.2, 0.25) is 5.43 Å². The van der Waals surface area contributed by atoms with Crippen molar-refractivity contribution in [3.05, 3.63) is 62.8 Å². The lowest BCUT2D eigenvalue weighted by atomic mass is 10.0. The van der Waals surface area contributed by atoms with E-state index in [2.05, 4.69) is 10.2 Å². The molecule has 0 spiro atoms. The lowest BCUT2D eigenvalue weighted by Gasteiger charge is -2.40. The van der Waals surface area contributed by atoms with Crippen molar-refractivity contribution in [1.29, 1.82) is 0 Å². The summed E-state index contributed by atoms with van der Waals surface area (Å²) in [6.07, 6.45) is 1.72. The number of aromatic nitrogens is 3. The molecule has 174 valence electrons. The van der Waals surface area contributed by atoms with E-state index in [4.69, 9.17) is 4.74 Å². The Balaban J connectivity index is 1.77. The summed E-state index contributed by atoms with van der Waals surface area (Å²) in [4.78, 5) is 27.8. The van der Waals surface area contributed by atoms with Crippen LogP contribution in [0.15, 0.2) is 35.3 Å². The second-order valence-corrected chi connectivity index (χ2v) is 9.40. The van der Waals surface area contributed by atoms with Crippen molar-refractivity contribution >= 4 is 17.2 Å². The van der Waals surface area contributed by atoms with E-state index in [-0.39, 0.29) is 35.3 Å². The van der Waals surface area contributed by atoms with Gasteiger partial charge in [0.05, 0.1) is 17.7 Å². The van der Waals surface area contributed by atoms with Crippen LogP contribution in [0, 0.1) is 5.82 Å². The first kappa shape index (κ1) is 23.1. The Morgan fingerprint density at radius 3 is 2.55 bits per heavy atom. The third kappa shape index (κ3) is 4.28. The molecule has 1 amide bonds. The summed E-state index contributed by atoms with van der Waals surface area (Å²) in [5, 5.41) is 20.1. The van der Waals surface area contributed by atoms with Gasteiger partial charge in [-0.05, 0) is 38.5 Å². The maximum atomic E-state index is 13.2. The molecule has 0 saturated carbocycles. The molecule has 3 aromatic rings. The first-order chi connectivity index (χ1) is 15.7. The fourth-order valence-electron chi connectivity index (χ4n) is 3.94. The van der Waals surface area contributed by atoms with E-state index >= 15 is 0 Å². The van der Waals surface area contributed by atoms with Gasteiger partial charge < -0.3 is 19.3 Å². The second kappa shape index (κ2) is 9.03. The molecule has 1 aliphatic rings. The number of rotatable bonds is 6. The number of hydrogen-bond donors (Lipinski definition) is 1. The SMILES string of the molecule is CO[C@@H](C)[C@H]1CN(C(C)C)C(=O)c2c(O)c(=O)c(-c3nnc(Cc4ccc(F)cc4)s3)cn21. The highest BCUT2D eigenvalue weighted by Crippen LogP contribution is 2.33. The Labute approximate surface area is 194 Å². The average Bonchev–Trinajstić information content (AvgIpc) is 3.25. The Morgan fingerprint density at radius 2 is 1.91 bits per heavy atom. The van der Waals surface area contributed by atoms with Gasteiger partial charge in [0.25, 0.3) is 5.91 Å². The van der Waals surface area contributed by atoms with E-state index in [1.165, 1.54) is 23.5 Å². The number of methoxy groups -OCH3 is 1. The zero-order valence-corrected chi connectivity index (χ0v) is 19.6. The number of ether oxygens (including phenoxy) is 1. The topological polar surface area (TPSA) is 97.6 Å². The molecular weight excluding hydrogens is 447 g/mol. The van der Waals surface area contributed by atoms with Crippen LogP contribution in [-0.2, 0) is 11.2 Å². The van der Waals surface area contributed by atoms with E-state index in [1.54, 1.807) is 34.9 Å². The van der Waals surface area contributed by atoms with Crippen molar-refractivity contribution in [2.24, 2.45) is 0 Å². The minimum absolute atomic E-state index is 0.0475. The molecule has 0 saturated heterocycles. The summed E-state index contributed by atoms with van der Waals surface area (Å²) in [6, 6.07) is 5.67. The normalized spacial score (nSPS) is 16.8. The summed E-state index contributed by atoms with van der Waals surface area (Å²) in [6.45, 7) is 6.03. The van der Waals surface area contributed by atoms with Crippen LogP contribution in [0.25, 0.3) is 10.6 Å². The number of pyridine rings is 1. The molecule has 33 heavy (non-hydrogen) atoms. The first-order valence-corrected chi connectivity index (χ1v) is 11.4. The summed E-state index contributed by atoms with van der Waals surface area (Å²) >= 11 is 1.21. The largest absolute Gasteiger partial charge is 0.503 e. The number of nitrogens with zero attached hydrogens (tertiary/aromatic N) is 4. The van der Waals surface area contributed by atoms with Gasteiger partial charge in [0.15, 0.2) is 16.5 Å². The zero-order valence-electron chi connectivity index (χ0n) is 18.8. The Hall–Kier alpha value is -3.11. The lowest BCUT2D eigenvalue weighted by Crippen LogP contribution is -2.50. The van der Waals surface area contributed by atoms with E-state index in [0.717, 1.165) is 5.56 Å². The molecule has 0 bridgehead atoms. The molecule has 10 heteroatoms. The molecule has 4 rings (SSSR count). The third-order valence-electron chi connectivity index (χ3n) is 5.92. The molecule has 0 radical (unpaired) electrons. The van der Waals surface area contributed by atoms with Gasteiger partial charge in [0, 0.05) is 32.3 Å². The third-order valence-corrected chi connectivity index (χ3v) is 6.87. The van der Waals surface area contributed by atoms with Gasteiger partial charge in [-0.3, -0.25) is 9.59 Å². The molecule has 0 aliphatic carbocycles. The monoisotopic (exact) mass is 472 g/mol. The van der Waals surface area contributed by atoms with Gasteiger partial charge in [-0.2, -0.15) is 0 Å². The van der Waals surface area contributed by atoms with Crippen LogP contribution >= 0.6 is 11.3 Å². The summed E-state index contributed by atoms with van der Waals surface area (Å²) in [7, 11) is 1.58. The van der Waals surface area contributed by atoms with Crippen LogP contribution in [0.5, 0.6) is 5.75 Å². The van der Waals surface area contributed by atoms with Crippen molar-refractivity contribution < 1.29 is 19.0 Å². The van der Waals surface area contributed by atoms with Crippen LogP contribution in [0.2, 0.25) is 0 Å². The Bertz CT molecular complexity index is 1240. The van der Waals surface area contributed by atoms with Gasteiger partial charge >= 0.3 is 0 Å². The van der Waals surface area contributed by atoms with Crippen molar-refractivity contribution in [3.8, 4) is 16.3 Å². The van der Waals surface area contributed by atoms with Crippen molar-refractivity contribution in [1.82, 2.24) is 19.7 Å². The van der Waals surface area contributed by atoms with E-state index in [9.17, 15) is 19.1 Å². The van der Waals surface area contributed by atoms with Gasteiger partial charge in [-0.25, -0.2) is 4.39 Å². The summed E-state index contributed by atoms with van der Waals surface area (Å²) < 4.78 is 20.3. The van der Waals surface area contributed by atoms with Gasteiger partial charge in [-0.1, -0.05) is 23.5 Å². The first-order valence-electron chi connectivity index (χ1n) is 10.6. The molecular formula is C23H25FN4O4S. The Morgan fingerprint density at radius 1 is 1.21 bits per heavy atom. The van der Waals surface area contributed by atoms with Crippen molar-refractivity contribution in [2.45, 2.75) is 45.4 Å². The molecule has 2 aromatic heterocycles. The highest BCUT2D eigenvalue weighted by atomic mass is 32.1. The molecule has 3 heterocycles. The number of amides is 1. The molecule has 1 aromatic carbocycles. The minimum atomic E-state index is -0.673. The highest BCUT2D eigenvalue weighted by molar-refractivity contribution is 7.14. The molecule has 8 nitrogen and oxygen atoms in total. The van der Waals surface area contributed by atoms with Gasteiger partial charge in [-0.15, -0.1) is 10.2 Å². The smallest absolute Gasteiger partial charge is 0.274 e. The van der Waals surface area contributed by atoms with Gasteiger partial charge in [0.1, 0.15) is 10.8 Å². The molecule has 0 unspecified atom stereocenters. The maximum Gasteiger partial charge on any atom is 0.274 e. The second-order valence-electron chi connectivity index (χ2n) is 8.34. The lowest BCUT2D eigenvalue weighted by molar-refractivity contribution is 0.0274. The maximum absolute atomic E-state index is 13.2. The highest BCUT2D eigenvalue weighted by Gasteiger charge is 2.38. The Kier molecular flexibility index (Phi) is 6.31. The number of benzene rings is 1. The fraction of sp³-hybridized carbons (Fsp3) is 0.391. The van der Waals surface area contributed by atoms with E-state index in [0.29, 0.717) is 23.0 Å². The molecule has 1 N–H and O–H groups in total. The van der Waals surface area contributed by atoms with Crippen LogP contribution in [0.3, 0.4) is 0 Å². The number of fused-ring (bicyclic) bond motifs is 1. The van der Waals surface area contributed by atoms with Crippen molar-refractivity contribution in [2.75, 3.05) is 13.7 Å². The van der Waals surface area contributed by atoms with Crippen LogP contribution in [0.4, 0.5) is 4.39 Å². The van der Waals surface area contributed by atoms with Crippen LogP contribution < -0.4 is 5.43 Å². The number of hydrogen-bond acceptors (Lipinski definition) is 7. The number of halogens is 1. The quantitative estimate of drug-likeness (QED) is 0.592. The summed E-state index contributed by atoms with van der Waals surface area (Å²) in [5.41, 5.74) is 0.304. The van der Waals surface area contributed by atoms with Crippen LogP contribution in [0.1, 0.15) is 47.9 Å². The molecule has 1 aliphatic heterocycles. The number of carbonyl (C=O) groups excluding carboxylic acids is 1. The van der Waals surface area contributed by atoms with Crippen LogP contribution in [-0.4, -0.2) is 56.5 Å². The zero-order chi connectivity index (χ0) is 23.9. The van der Waals surface area contributed by atoms with E-state index < -0.39 is 17.1 Å². The fourth-order valence-corrected chi connectivity index (χ4v) is 4.82. The average molecular weight is 473 g/mol. The predicted octanol–water partition coefficient (Wildman–Crippen LogP) is 3.24. The number of carbonyl (C=O) groups is 1. The molecule has 0 fully saturated rings. The summed E-state index contributed by atoms with van der Waals surface area (Å²) in [5.74, 6) is -1.33. The number of aromatic hydroxyl groups is 1. The predicted molar refractivity (Wildman–Crippen MR) is 122 cm³/mol.